The average molecular weight is 309 g/mol. The second-order valence-electron chi connectivity index (χ2n) is 5.55. The lowest BCUT2D eigenvalue weighted by Gasteiger charge is -2.11. The lowest BCUT2D eigenvalue weighted by molar-refractivity contribution is -0.140. The number of allylic oxidation sites excluding steroid dienone is 1. The third-order valence-electron chi connectivity index (χ3n) is 3.66. The Morgan fingerprint density at radius 1 is 1.29 bits per heavy atom. The van der Waals surface area contributed by atoms with Crippen molar-refractivity contribution in [3.8, 4) is 0 Å². The Kier molecular flexibility index (Phi) is 4.20. The number of hydrogen-bond acceptors (Lipinski definition) is 3. The molecule has 0 radical (unpaired) electrons. The summed E-state index contributed by atoms with van der Waals surface area (Å²) >= 11 is 0. The van der Waals surface area contributed by atoms with Crippen LogP contribution in [0.25, 0.3) is 0 Å². The minimum Gasteiger partial charge on any atom is -0.481 e. The van der Waals surface area contributed by atoms with Gasteiger partial charge in [0.25, 0.3) is 0 Å². The summed E-state index contributed by atoms with van der Waals surface area (Å²) < 4.78 is 26.6. The highest BCUT2D eigenvalue weighted by molar-refractivity contribution is 7.89. The van der Waals surface area contributed by atoms with E-state index in [4.69, 9.17) is 0 Å². The fourth-order valence-electron chi connectivity index (χ4n) is 2.14. The topological polar surface area (TPSA) is 83.5 Å². The van der Waals surface area contributed by atoms with Crippen molar-refractivity contribution >= 4 is 16.0 Å². The fraction of sp³-hybridized carbons (Fsp3) is 0.400. The third-order valence-corrected chi connectivity index (χ3v) is 5.10. The molecule has 1 aromatic rings. The minimum atomic E-state index is -3.56. The Labute approximate surface area is 124 Å². The molecule has 6 heteroatoms. The van der Waals surface area contributed by atoms with Gasteiger partial charge in [0.15, 0.2) is 0 Å². The number of aliphatic carboxylic acids is 1. The standard InChI is InChI=1S/C15H19NO4S/c1-11(2)7-10-16-21(19,20)13-5-3-12(4-6-13)15(8-9-15)14(17)18/h3-7,16H,8-10H2,1-2H3,(H,17,18). The van der Waals surface area contributed by atoms with Crippen molar-refractivity contribution in [2.75, 3.05) is 6.54 Å². The molecule has 0 aliphatic heterocycles. The largest absolute Gasteiger partial charge is 0.481 e. The van der Waals surface area contributed by atoms with Crippen LogP contribution in [-0.2, 0) is 20.2 Å². The van der Waals surface area contributed by atoms with Crippen molar-refractivity contribution in [1.29, 1.82) is 0 Å². The van der Waals surface area contributed by atoms with Crippen LogP contribution in [0.2, 0.25) is 0 Å². The maximum atomic E-state index is 12.1. The molecule has 21 heavy (non-hydrogen) atoms. The van der Waals surface area contributed by atoms with Crippen LogP contribution >= 0.6 is 0 Å². The number of carbonyl (C=O) groups is 1. The highest BCUT2D eigenvalue weighted by Crippen LogP contribution is 2.48. The predicted molar refractivity (Wildman–Crippen MR) is 79.6 cm³/mol. The van der Waals surface area contributed by atoms with Crippen LogP contribution in [0.3, 0.4) is 0 Å². The molecular weight excluding hydrogens is 290 g/mol. The lowest BCUT2D eigenvalue weighted by Crippen LogP contribution is -2.24. The quantitative estimate of drug-likeness (QED) is 0.788. The zero-order valence-corrected chi connectivity index (χ0v) is 12.9. The van der Waals surface area contributed by atoms with Gasteiger partial charge in [-0.25, -0.2) is 13.1 Å². The summed E-state index contributed by atoms with van der Waals surface area (Å²) in [5, 5.41) is 9.22. The molecule has 5 nitrogen and oxygen atoms in total. The highest BCUT2D eigenvalue weighted by atomic mass is 32.2. The molecule has 0 unspecified atom stereocenters. The molecule has 0 aromatic heterocycles. The summed E-state index contributed by atoms with van der Waals surface area (Å²) in [6.07, 6.45) is 3.00. The van der Waals surface area contributed by atoms with Crippen molar-refractivity contribution in [3.63, 3.8) is 0 Å². The zero-order valence-electron chi connectivity index (χ0n) is 12.1. The summed E-state index contributed by atoms with van der Waals surface area (Å²) in [5.41, 5.74) is 0.890. The van der Waals surface area contributed by atoms with Gasteiger partial charge in [0.2, 0.25) is 10.0 Å². The summed E-state index contributed by atoms with van der Waals surface area (Å²) in [6.45, 7) is 4.03. The SMILES string of the molecule is CC(C)=CCNS(=O)(=O)c1ccc(C2(C(=O)O)CC2)cc1. The van der Waals surface area contributed by atoms with E-state index in [1.165, 1.54) is 12.1 Å². The van der Waals surface area contributed by atoms with Gasteiger partial charge in [0.1, 0.15) is 0 Å². The molecule has 1 aliphatic carbocycles. The second kappa shape index (κ2) is 5.61. The number of sulfonamides is 1. The molecule has 0 spiro atoms. The van der Waals surface area contributed by atoms with Crippen molar-refractivity contribution in [2.45, 2.75) is 37.0 Å². The molecule has 0 bridgehead atoms. The Morgan fingerprint density at radius 2 is 1.86 bits per heavy atom. The van der Waals surface area contributed by atoms with Gasteiger partial charge in [-0.2, -0.15) is 0 Å². The van der Waals surface area contributed by atoms with E-state index in [2.05, 4.69) is 4.72 Å². The van der Waals surface area contributed by atoms with Gasteiger partial charge in [-0.15, -0.1) is 0 Å². The molecule has 114 valence electrons. The Balaban J connectivity index is 2.15. The van der Waals surface area contributed by atoms with Crippen LogP contribution in [0.15, 0.2) is 40.8 Å². The van der Waals surface area contributed by atoms with Gasteiger partial charge >= 0.3 is 5.97 Å². The molecule has 1 aromatic carbocycles. The van der Waals surface area contributed by atoms with Gasteiger partial charge in [-0.3, -0.25) is 4.79 Å². The van der Waals surface area contributed by atoms with Crippen LogP contribution in [0.4, 0.5) is 0 Å². The number of benzene rings is 1. The van der Waals surface area contributed by atoms with E-state index < -0.39 is 21.4 Å². The average Bonchev–Trinajstić information content (AvgIpc) is 3.19. The minimum absolute atomic E-state index is 0.148. The van der Waals surface area contributed by atoms with E-state index in [1.807, 2.05) is 13.8 Å². The summed E-state index contributed by atoms with van der Waals surface area (Å²) in [5.74, 6) is -0.847. The van der Waals surface area contributed by atoms with E-state index in [1.54, 1.807) is 18.2 Å². The fourth-order valence-corrected chi connectivity index (χ4v) is 3.11. The number of carboxylic acids is 1. The Hall–Kier alpha value is -1.66. The van der Waals surface area contributed by atoms with Crippen molar-refractivity contribution in [3.05, 3.63) is 41.5 Å². The highest BCUT2D eigenvalue weighted by Gasteiger charge is 2.51. The number of rotatable bonds is 6. The second-order valence-corrected chi connectivity index (χ2v) is 7.31. The van der Waals surface area contributed by atoms with Crippen molar-refractivity contribution in [2.24, 2.45) is 0 Å². The van der Waals surface area contributed by atoms with E-state index in [9.17, 15) is 18.3 Å². The first-order valence-electron chi connectivity index (χ1n) is 6.75. The van der Waals surface area contributed by atoms with Crippen LogP contribution in [0, 0.1) is 0 Å². The normalized spacial score (nSPS) is 16.3. The summed E-state index contributed by atoms with van der Waals surface area (Å²) in [6, 6.07) is 6.11. The predicted octanol–water partition coefficient (Wildman–Crippen LogP) is 2.05. The van der Waals surface area contributed by atoms with E-state index in [-0.39, 0.29) is 11.4 Å². The molecule has 0 amide bonds. The van der Waals surface area contributed by atoms with E-state index in [0.29, 0.717) is 18.4 Å². The summed E-state index contributed by atoms with van der Waals surface area (Å²) in [4.78, 5) is 11.4. The van der Waals surface area contributed by atoms with E-state index in [0.717, 1.165) is 5.57 Å². The number of nitrogens with one attached hydrogen (secondary N) is 1. The van der Waals surface area contributed by atoms with Gasteiger partial charge in [-0.1, -0.05) is 23.8 Å². The number of hydrogen-bond donors (Lipinski definition) is 2. The van der Waals surface area contributed by atoms with Crippen molar-refractivity contribution < 1.29 is 18.3 Å². The van der Waals surface area contributed by atoms with E-state index >= 15 is 0 Å². The summed E-state index contributed by atoms with van der Waals surface area (Å²) in [7, 11) is -3.56. The van der Waals surface area contributed by atoms with Gasteiger partial charge in [0.05, 0.1) is 10.3 Å². The molecule has 1 fully saturated rings. The van der Waals surface area contributed by atoms with Crippen LogP contribution in [-0.4, -0.2) is 26.0 Å². The van der Waals surface area contributed by atoms with Crippen LogP contribution in [0.5, 0.6) is 0 Å². The van der Waals surface area contributed by atoms with Gasteiger partial charge < -0.3 is 5.11 Å². The molecule has 0 atom stereocenters. The third kappa shape index (κ3) is 3.33. The van der Waals surface area contributed by atoms with Gasteiger partial charge in [-0.05, 0) is 44.4 Å². The molecule has 2 N–H and O–H groups in total. The monoisotopic (exact) mass is 309 g/mol. The maximum absolute atomic E-state index is 12.1. The number of carboxylic acid groups (broad SMARTS) is 1. The molecule has 2 rings (SSSR count). The van der Waals surface area contributed by atoms with Crippen molar-refractivity contribution in [1.82, 2.24) is 4.72 Å². The lowest BCUT2D eigenvalue weighted by atomic mass is 9.96. The molecule has 1 aliphatic rings. The molecule has 1 saturated carbocycles. The first-order valence-corrected chi connectivity index (χ1v) is 8.23. The van der Waals surface area contributed by atoms with Crippen LogP contribution < -0.4 is 4.72 Å². The molecule has 0 heterocycles. The van der Waals surface area contributed by atoms with Gasteiger partial charge in [0, 0.05) is 6.54 Å². The Morgan fingerprint density at radius 3 is 2.29 bits per heavy atom. The van der Waals surface area contributed by atoms with Crippen LogP contribution in [0.1, 0.15) is 32.3 Å². The zero-order chi connectivity index (χ0) is 15.7. The first kappa shape index (κ1) is 15.7. The Bertz CT molecular complexity index is 666. The molecule has 0 saturated heterocycles. The smallest absolute Gasteiger partial charge is 0.314 e. The maximum Gasteiger partial charge on any atom is 0.314 e. The molecular formula is C15H19NO4S. The first-order chi connectivity index (χ1) is 9.78.